The highest BCUT2D eigenvalue weighted by molar-refractivity contribution is 6.33. The van der Waals surface area contributed by atoms with Gasteiger partial charge in [-0.05, 0) is 42.5 Å². The SMILES string of the molecule is C=CC(=O)NCC(=O)N1CCN(C(=O)c2ccc(Nc3ncc(Cl)c(Nc4ccccc4C(=O)NC)n3)cc2)CC1. The maximum atomic E-state index is 13.0. The van der Waals surface area contributed by atoms with Crippen LogP contribution in [0, 0.1) is 0 Å². The van der Waals surface area contributed by atoms with Crippen LogP contribution in [0.5, 0.6) is 0 Å². The van der Waals surface area contributed by atoms with E-state index in [-0.39, 0.29) is 35.2 Å². The number of carbonyl (C=O) groups is 4. The lowest BCUT2D eigenvalue weighted by atomic mass is 10.1. The zero-order chi connectivity index (χ0) is 29.4. The van der Waals surface area contributed by atoms with Gasteiger partial charge in [0.1, 0.15) is 5.02 Å². The van der Waals surface area contributed by atoms with Crippen LogP contribution in [0.1, 0.15) is 20.7 Å². The van der Waals surface area contributed by atoms with Crippen molar-refractivity contribution in [3.8, 4) is 0 Å². The molecular weight excluding hydrogens is 548 g/mol. The quantitative estimate of drug-likeness (QED) is 0.284. The number of carbonyl (C=O) groups excluding carboxylic acids is 4. The molecule has 1 aliphatic heterocycles. The Kier molecular flexibility index (Phi) is 9.48. The fourth-order valence-corrected chi connectivity index (χ4v) is 4.22. The standard InChI is InChI=1S/C28H29ClN8O4/c1-3-23(38)31-17-24(39)36-12-14-37(15-13-36)27(41)18-8-10-19(11-9-18)33-28-32-16-21(29)25(35-28)34-22-7-5-4-6-20(22)26(40)30-2/h3-11,16H,1,12-15,17H2,2H3,(H,30,40)(H,31,38)(H2,32,33,34,35). The molecule has 212 valence electrons. The normalized spacial score (nSPS) is 12.7. The molecular formula is C28H29ClN8O4. The molecule has 12 nitrogen and oxygen atoms in total. The molecule has 0 unspecified atom stereocenters. The van der Waals surface area contributed by atoms with Crippen LogP contribution in [0.4, 0.5) is 23.1 Å². The first-order chi connectivity index (χ1) is 19.8. The summed E-state index contributed by atoms with van der Waals surface area (Å²) in [6.45, 7) is 4.79. The molecule has 0 bridgehead atoms. The van der Waals surface area contributed by atoms with Crippen molar-refractivity contribution in [1.29, 1.82) is 0 Å². The second-order valence-electron chi connectivity index (χ2n) is 8.94. The second-order valence-corrected chi connectivity index (χ2v) is 9.34. The summed E-state index contributed by atoms with van der Waals surface area (Å²) >= 11 is 6.31. The molecule has 0 saturated carbocycles. The van der Waals surface area contributed by atoms with Crippen LogP contribution in [-0.4, -0.2) is 83.2 Å². The molecule has 1 aliphatic rings. The van der Waals surface area contributed by atoms with Crippen LogP contribution in [0.25, 0.3) is 0 Å². The van der Waals surface area contributed by atoms with Gasteiger partial charge in [-0.15, -0.1) is 0 Å². The highest BCUT2D eigenvalue weighted by Crippen LogP contribution is 2.27. The first-order valence-electron chi connectivity index (χ1n) is 12.7. The number of hydrogen-bond acceptors (Lipinski definition) is 8. The van der Waals surface area contributed by atoms with E-state index in [1.165, 1.54) is 6.20 Å². The summed E-state index contributed by atoms with van der Waals surface area (Å²) in [5.41, 5.74) is 2.12. The van der Waals surface area contributed by atoms with Gasteiger partial charge in [0.15, 0.2) is 5.82 Å². The lowest BCUT2D eigenvalue weighted by molar-refractivity contribution is -0.133. The number of nitrogens with one attached hydrogen (secondary N) is 4. The monoisotopic (exact) mass is 576 g/mol. The van der Waals surface area contributed by atoms with Crippen molar-refractivity contribution in [1.82, 2.24) is 30.4 Å². The number of halogens is 1. The number of piperazine rings is 1. The fourth-order valence-electron chi connectivity index (χ4n) is 4.08. The average Bonchev–Trinajstić information content (AvgIpc) is 3.01. The van der Waals surface area contributed by atoms with Crippen LogP contribution in [-0.2, 0) is 9.59 Å². The Labute approximate surface area is 241 Å². The van der Waals surface area contributed by atoms with Gasteiger partial charge in [0.2, 0.25) is 17.8 Å². The predicted octanol–water partition coefficient (Wildman–Crippen LogP) is 2.56. The summed E-state index contributed by atoms with van der Waals surface area (Å²) in [5.74, 6) is -0.440. The number of rotatable bonds is 9. The van der Waals surface area contributed by atoms with Crippen LogP contribution >= 0.6 is 11.6 Å². The predicted molar refractivity (Wildman–Crippen MR) is 156 cm³/mol. The third kappa shape index (κ3) is 7.37. The first kappa shape index (κ1) is 29.0. The molecule has 4 amide bonds. The number of nitrogens with zero attached hydrogens (tertiary/aromatic N) is 4. The van der Waals surface area contributed by atoms with Gasteiger partial charge in [-0.3, -0.25) is 19.2 Å². The molecule has 1 aromatic heterocycles. The highest BCUT2D eigenvalue weighted by Gasteiger charge is 2.25. The molecule has 1 fully saturated rings. The Bertz CT molecular complexity index is 1460. The minimum atomic E-state index is -0.409. The summed E-state index contributed by atoms with van der Waals surface area (Å²) in [4.78, 5) is 60.7. The van der Waals surface area contributed by atoms with Crippen molar-refractivity contribution in [3.63, 3.8) is 0 Å². The summed E-state index contributed by atoms with van der Waals surface area (Å²) in [6.07, 6.45) is 2.55. The smallest absolute Gasteiger partial charge is 0.253 e. The number of benzene rings is 2. The molecule has 0 atom stereocenters. The van der Waals surface area contributed by atoms with Crippen LogP contribution in [0.3, 0.4) is 0 Å². The molecule has 0 radical (unpaired) electrons. The third-order valence-corrected chi connectivity index (χ3v) is 6.58. The molecule has 41 heavy (non-hydrogen) atoms. The molecule has 3 aromatic rings. The van der Waals surface area contributed by atoms with Crippen molar-refractivity contribution in [2.45, 2.75) is 0 Å². The Balaban J connectivity index is 1.35. The van der Waals surface area contributed by atoms with Crippen LogP contribution in [0.15, 0.2) is 67.4 Å². The summed E-state index contributed by atoms with van der Waals surface area (Å²) < 4.78 is 0. The van der Waals surface area contributed by atoms with E-state index in [2.05, 4.69) is 37.8 Å². The van der Waals surface area contributed by atoms with Gasteiger partial charge in [-0.1, -0.05) is 30.3 Å². The van der Waals surface area contributed by atoms with Gasteiger partial charge in [-0.25, -0.2) is 4.98 Å². The van der Waals surface area contributed by atoms with E-state index >= 15 is 0 Å². The van der Waals surface area contributed by atoms with E-state index in [9.17, 15) is 19.2 Å². The van der Waals surface area contributed by atoms with Gasteiger partial charge in [0, 0.05) is 44.5 Å². The topological polar surface area (TPSA) is 149 Å². The lowest BCUT2D eigenvalue weighted by Crippen LogP contribution is -2.52. The Morgan fingerprint density at radius 3 is 2.34 bits per heavy atom. The molecule has 2 aromatic carbocycles. The van der Waals surface area contributed by atoms with E-state index in [4.69, 9.17) is 11.6 Å². The van der Waals surface area contributed by atoms with Crippen LogP contribution in [0.2, 0.25) is 5.02 Å². The van der Waals surface area contributed by atoms with Gasteiger partial charge in [0.05, 0.1) is 24.0 Å². The molecule has 4 N–H and O–H groups in total. The number of hydrogen-bond donors (Lipinski definition) is 4. The third-order valence-electron chi connectivity index (χ3n) is 6.30. The van der Waals surface area contributed by atoms with Gasteiger partial charge in [-0.2, -0.15) is 4.98 Å². The van der Waals surface area contributed by atoms with Crippen molar-refractivity contribution in [2.24, 2.45) is 0 Å². The number of amides is 4. The number of para-hydroxylation sites is 1. The number of anilines is 4. The van der Waals surface area contributed by atoms with Crippen LogP contribution < -0.4 is 21.3 Å². The summed E-state index contributed by atoms with van der Waals surface area (Å²) in [6, 6.07) is 13.8. The van der Waals surface area contributed by atoms with Crippen molar-refractivity contribution in [2.75, 3.05) is 50.4 Å². The molecule has 0 spiro atoms. The molecule has 4 rings (SSSR count). The van der Waals surface area contributed by atoms with Crippen molar-refractivity contribution < 1.29 is 19.2 Å². The first-order valence-corrected chi connectivity index (χ1v) is 13.1. The van der Waals surface area contributed by atoms with Crippen molar-refractivity contribution in [3.05, 3.63) is 83.5 Å². The van der Waals surface area contributed by atoms with E-state index in [0.29, 0.717) is 54.5 Å². The molecule has 1 saturated heterocycles. The maximum Gasteiger partial charge on any atom is 0.253 e. The number of aromatic nitrogens is 2. The largest absolute Gasteiger partial charge is 0.355 e. The van der Waals surface area contributed by atoms with Gasteiger partial charge >= 0.3 is 0 Å². The van der Waals surface area contributed by atoms with Gasteiger partial charge in [0.25, 0.3) is 11.8 Å². The highest BCUT2D eigenvalue weighted by atomic mass is 35.5. The van der Waals surface area contributed by atoms with E-state index in [1.54, 1.807) is 65.4 Å². The molecule has 2 heterocycles. The Morgan fingerprint density at radius 1 is 0.976 bits per heavy atom. The molecule has 0 aliphatic carbocycles. The average molecular weight is 577 g/mol. The maximum absolute atomic E-state index is 13.0. The fraction of sp³-hybridized carbons (Fsp3) is 0.214. The van der Waals surface area contributed by atoms with E-state index in [0.717, 1.165) is 6.08 Å². The zero-order valence-electron chi connectivity index (χ0n) is 22.3. The zero-order valence-corrected chi connectivity index (χ0v) is 23.1. The lowest BCUT2D eigenvalue weighted by Gasteiger charge is -2.34. The van der Waals surface area contributed by atoms with E-state index in [1.807, 2.05) is 0 Å². The second kappa shape index (κ2) is 13.4. The minimum Gasteiger partial charge on any atom is -0.355 e. The summed E-state index contributed by atoms with van der Waals surface area (Å²) in [5, 5.41) is 11.5. The minimum absolute atomic E-state index is 0.106. The Hall–Kier alpha value is -4.97. The molecule has 13 heteroatoms. The summed E-state index contributed by atoms with van der Waals surface area (Å²) in [7, 11) is 1.55. The van der Waals surface area contributed by atoms with E-state index < -0.39 is 5.91 Å². The van der Waals surface area contributed by atoms with Gasteiger partial charge < -0.3 is 31.1 Å². The van der Waals surface area contributed by atoms with Crippen molar-refractivity contribution >= 4 is 58.4 Å². The Morgan fingerprint density at radius 2 is 1.66 bits per heavy atom.